The molecule has 0 saturated carbocycles. The number of hydrogen-bond acceptors (Lipinski definition) is 3. The summed E-state index contributed by atoms with van der Waals surface area (Å²) in [6, 6.07) is 18.1. The maximum absolute atomic E-state index is 13.1. The molecule has 0 aliphatic carbocycles. The molecule has 4 nitrogen and oxygen atoms in total. The van der Waals surface area contributed by atoms with Crippen molar-refractivity contribution in [2.75, 3.05) is 7.11 Å². The van der Waals surface area contributed by atoms with Gasteiger partial charge in [-0.1, -0.05) is 42.5 Å². The summed E-state index contributed by atoms with van der Waals surface area (Å²) in [5.74, 6) is 1.13. The highest BCUT2D eigenvalue weighted by Crippen LogP contribution is 2.38. The van der Waals surface area contributed by atoms with Crippen LogP contribution < -0.4 is 10.5 Å². The van der Waals surface area contributed by atoms with Crippen LogP contribution in [0.3, 0.4) is 0 Å². The summed E-state index contributed by atoms with van der Waals surface area (Å²) in [5.41, 5.74) is 8.45. The minimum atomic E-state index is -0.140. The zero-order chi connectivity index (χ0) is 19.4. The Balaban J connectivity index is 1.62. The quantitative estimate of drug-likeness (QED) is 0.795. The third-order valence-corrected chi connectivity index (χ3v) is 5.65. The van der Waals surface area contributed by atoms with Crippen LogP contribution in [-0.4, -0.2) is 23.5 Å². The lowest BCUT2D eigenvalue weighted by Crippen LogP contribution is -2.40. The first-order chi connectivity index (χ1) is 12.9. The van der Waals surface area contributed by atoms with Gasteiger partial charge >= 0.3 is 0 Å². The minimum Gasteiger partial charge on any atom is -0.497 e. The Morgan fingerprint density at radius 3 is 2.44 bits per heavy atom. The molecular weight excluding hydrogens is 336 g/mol. The average Bonchev–Trinajstić information content (AvgIpc) is 2.90. The molecule has 1 saturated heterocycles. The first kappa shape index (κ1) is 19.4. The molecule has 1 heterocycles. The summed E-state index contributed by atoms with van der Waals surface area (Å²) in [4.78, 5) is 15.1. The van der Waals surface area contributed by atoms with Gasteiger partial charge in [-0.25, -0.2) is 0 Å². The number of likely N-dealkylation sites (tertiary alicyclic amines) is 1. The number of hydrogen-bond donors (Lipinski definition) is 1. The van der Waals surface area contributed by atoms with Crippen LogP contribution in [0.5, 0.6) is 5.75 Å². The van der Waals surface area contributed by atoms with E-state index in [0.29, 0.717) is 6.54 Å². The van der Waals surface area contributed by atoms with Gasteiger partial charge in [0.2, 0.25) is 5.91 Å². The van der Waals surface area contributed by atoms with Crippen molar-refractivity contribution in [2.24, 2.45) is 11.7 Å². The van der Waals surface area contributed by atoms with E-state index in [2.05, 4.69) is 26.0 Å². The molecule has 27 heavy (non-hydrogen) atoms. The normalized spacial score (nSPS) is 19.9. The van der Waals surface area contributed by atoms with Crippen LogP contribution >= 0.6 is 0 Å². The largest absolute Gasteiger partial charge is 0.497 e. The van der Waals surface area contributed by atoms with Crippen molar-refractivity contribution in [3.63, 3.8) is 0 Å². The topological polar surface area (TPSA) is 55.6 Å². The van der Waals surface area contributed by atoms with Crippen LogP contribution in [0.15, 0.2) is 54.6 Å². The predicted octanol–water partition coefficient (Wildman–Crippen LogP) is 4.30. The van der Waals surface area contributed by atoms with Crippen LogP contribution in [-0.2, 0) is 11.3 Å². The van der Waals surface area contributed by atoms with Crippen molar-refractivity contribution in [3.8, 4) is 5.75 Å². The van der Waals surface area contributed by atoms with E-state index in [9.17, 15) is 4.79 Å². The number of amides is 1. The number of methoxy groups -OCH3 is 1. The zero-order valence-electron chi connectivity index (χ0n) is 16.5. The van der Waals surface area contributed by atoms with Crippen molar-refractivity contribution in [1.29, 1.82) is 0 Å². The van der Waals surface area contributed by atoms with Gasteiger partial charge < -0.3 is 15.4 Å². The first-order valence-electron chi connectivity index (χ1n) is 9.65. The lowest BCUT2D eigenvalue weighted by Gasteiger charge is -2.31. The maximum atomic E-state index is 13.1. The van der Waals surface area contributed by atoms with Gasteiger partial charge in [-0.2, -0.15) is 0 Å². The van der Waals surface area contributed by atoms with E-state index in [0.717, 1.165) is 36.1 Å². The molecule has 2 atom stereocenters. The molecule has 0 bridgehead atoms. The maximum Gasteiger partial charge on any atom is 0.226 e. The van der Waals surface area contributed by atoms with Gasteiger partial charge in [0, 0.05) is 24.0 Å². The second-order valence-corrected chi connectivity index (χ2v) is 8.08. The molecule has 2 unspecified atom stereocenters. The highest BCUT2D eigenvalue weighted by atomic mass is 16.5. The van der Waals surface area contributed by atoms with Gasteiger partial charge in [0.15, 0.2) is 0 Å². The van der Waals surface area contributed by atoms with Gasteiger partial charge in [-0.3, -0.25) is 4.79 Å². The van der Waals surface area contributed by atoms with Crippen LogP contribution in [0.1, 0.15) is 50.3 Å². The predicted molar refractivity (Wildman–Crippen MR) is 108 cm³/mol. The van der Waals surface area contributed by atoms with E-state index in [1.54, 1.807) is 7.11 Å². The van der Waals surface area contributed by atoms with E-state index < -0.39 is 0 Å². The zero-order valence-corrected chi connectivity index (χ0v) is 16.5. The van der Waals surface area contributed by atoms with E-state index in [1.807, 2.05) is 47.4 Å². The second-order valence-electron chi connectivity index (χ2n) is 8.08. The average molecular weight is 367 g/mol. The molecule has 2 aromatic rings. The number of carbonyl (C=O) groups excluding carboxylic acids is 1. The van der Waals surface area contributed by atoms with Crippen molar-refractivity contribution in [3.05, 3.63) is 65.7 Å². The van der Waals surface area contributed by atoms with E-state index in [4.69, 9.17) is 10.5 Å². The molecule has 1 amide bonds. The number of ether oxygens (including phenoxy) is 1. The summed E-state index contributed by atoms with van der Waals surface area (Å²) in [7, 11) is 1.66. The highest BCUT2D eigenvalue weighted by Gasteiger charge is 2.44. The van der Waals surface area contributed by atoms with Crippen LogP contribution in [0.2, 0.25) is 0 Å². The first-order valence-corrected chi connectivity index (χ1v) is 9.65. The molecule has 2 aromatic carbocycles. The fourth-order valence-electron chi connectivity index (χ4n) is 4.00. The molecule has 0 aromatic heterocycles. The molecule has 4 heteroatoms. The van der Waals surface area contributed by atoms with Crippen molar-refractivity contribution < 1.29 is 9.53 Å². The highest BCUT2D eigenvalue weighted by molar-refractivity contribution is 5.82. The fraction of sp³-hybridized carbons (Fsp3) is 0.435. The lowest BCUT2D eigenvalue weighted by atomic mass is 9.90. The molecule has 0 spiro atoms. The monoisotopic (exact) mass is 366 g/mol. The Bertz CT molecular complexity index is 756. The SMILES string of the molecule is COc1ccc(CN2C(=O)C(CCC(N)c3ccccc3)CC2(C)C)cc1. The minimum absolute atomic E-state index is 0.0160. The van der Waals surface area contributed by atoms with Crippen molar-refractivity contribution in [1.82, 2.24) is 4.90 Å². The second kappa shape index (κ2) is 8.13. The third kappa shape index (κ3) is 4.51. The summed E-state index contributed by atoms with van der Waals surface area (Å²) < 4.78 is 5.22. The molecular formula is C23H30N2O2. The van der Waals surface area contributed by atoms with Crippen LogP contribution in [0.25, 0.3) is 0 Å². The van der Waals surface area contributed by atoms with E-state index in [1.165, 1.54) is 0 Å². The number of rotatable bonds is 7. The number of nitrogens with zero attached hydrogens (tertiary/aromatic N) is 1. The third-order valence-electron chi connectivity index (χ3n) is 5.65. The number of nitrogens with two attached hydrogens (primary N) is 1. The molecule has 2 N–H and O–H groups in total. The van der Waals surface area contributed by atoms with E-state index in [-0.39, 0.29) is 23.4 Å². The molecule has 144 valence electrons. The van der Waals surface area contributed by atoms with Crippen LogP contribution in [0, 0.1) is 5.92 Å². The lowest BCUT2D eigenvalue weighted by molar-refractivity contribution is -0.134. The Morgan fingerprint density at radius 1 is 1.15 bits per heavy atom. The van der Waals surface area contributed by atoms with Gasteiger partial charge in [-0.15, -0.1) is 0 Å². The molecule has 3 rings (SSSR count). The van der Waals surface area contributed by atoms with Gasteiger partial charge in [0.1, 0.15) is 5.75 Å². The fourth-order valence-corrected chi connectivity index (χ4v) is 4.00. The standard InChI is InChI=1S/C23H30N2O2/c1-23(2)15-19(11-14-21(24)18-7-5-4-6-8-18)22(26)25(23)16-17-9-12-20(27-3)13-10-17/h4-10,12-13,19,21H,11,14-16,24H2,1-3H3. The number of benzene rings is 2. The van der Waals surface area contributed by atoms with Gasteiger partial charge in [-0.05, 0) is 56.4 Å². The Hall–Kier alpha value is -2.33. The van der Waals surface area contributed by atoms with Gasteiger partial charge in [0.25, 0.3) is 0 Å². The molecule has 1 fully saturated rings. The smallest absolute Gasteiger partial charge is 0.226 e. The van der Waals surface area contributed by atoms with Crippen molar-refractivity contribution in [2.45, 2.75) is 51.2 Å². The Kier molecular flexibility index (Phi) is 5.85. The van der Waals surface area contributed by atoms with Gasteiger partial charge in [0.05, 0.1) is 7.11 Å². The Morgan fingerprint density at radius 2 is 1.81 bits per heavy atom. The summed E-state index contributed by atoms with van der Waals surface area (Å²) in [6.45, 7) is 4.95. The van der Waals surface area contributed by atoms with Crippen molar-refractivity contribution >= 4 is 5.91 Å². The van der Waals surface area contributed by atoms with Crippen LogP contribution in [0.4, 0.5) is 0 Å². The summed E-state index contributed by atoms with van der Waals surface area (Å²) >= 11 is 0. The number of carbonyl (C=O) groups is 1. The summed E-state index contributed by atoms with van der Waals surface area (Å²) in [6.07, 6.45) is 2.54. The van der Waals surface area contributed by atoms with E-state index >= 15 is 0 Å². The Labute approximate surface area is 162 Å². The molecule has 1 aliphatic heterocycles. The molecule has 0 radical (unpaired) electrons. The molecule has 1 aliphatic rings. The summed E-state index contributed by atoms with van der Waals surface area (Å²) in [5, 5.41) is 0.